The van der Waals surface area contributed by atoms with E-state index in [4.69, 9.17) is 0 Å². The van der Waals surface area contributed by atoms with Gasteiger partial charge < -0.3 is 4.99 Å². The van der Waals surface area contributed by atoms with E-state index in [1.165, 1.54) is 0 Å². The minimum Gasteiger partial charge on any atom is -0.304 e. The molecule has 0 aromatic rings. The van der Waals surface area contributed by atoms with Crippen LogP contribution in [0.3, 0.4) is 0 Å². The van der Waals surface area contributed by atoms with Gasteiger partial charge in [0, 0.05) is 7.05 Å². The first-order chi connectivity index (χ1) is 4.33. The number of hydrogen-bond acceptors (Lipinski definition) is 1. The summed E-state index contributed by atoms with van der Waals surface area (Å²) < 4.78 is 0. The van der Waals surface area contributed by atoms with Gasteiger partial charge in [0.25, 0.3) is 0 Å². The Morgan fingerprint density at radius 2 is 2.00 bits per heavy atom. The summed E-state index contributed by atoms with van der Waals surface area (Å²) in [5.41, 5.74) is 2.61. The number of aliphatic imine (C=N–C) groups is 1. The molecule has 0 aromatic carbocycles. The molecule has 0 aliphatic rings. The minimum atomic E-state index is 1.64. The van der Waals surface area contributed by atoms with E-state index >= 15 is 0 Å². The molecular formula is C8H13N. The zero-order valence-electron chi connectivity index (χ0n) is 6.09. The molecule has 0 spiro atoms. The maximum Gasteiger partial charge on any atom is 0.0269 e. The molecule has 0 N–H and O–H groups in total. The van der Waals surface area contributed by atoms with Gasteiger partial charge >= 0.3 is 0 Å². The molecule has 0 unspecified atom stereocenters. The molecule has 0 amide bonds. The lowest BCUT2D eigenvalue weighted by Crippen LogP contribution is -1.36. The quantitative estimate of drug-likeness (QED) is 0.288. The Kier molecular flexibility index (Phi) is 19.0. The lowest BCUT2D eigenvalue weighted by molar-refractivity contribution is 1.49. The number of rotatable bonds is 1. The SMILES string of the molecule is C=C=C/C=C\C.C=NC. The van der Waals surface area contributed by atoms with E-state index in [9.17, 15) is 0 Å². The van der Waals surface area contributed by atoms with Crippen LogP contribution >= 0.6 is 0 Å². The molecule has 0 fully saturated rings. The topological polar surface area (TPSA) is 12.4 Å². The first kappa shape index (κ1) is 10.8. The van der Waals surface area contributed by atoms with Gasteiger partial charge in [-0.1, -0.05) is 18.7 Å². The molecule has 0 rings (SSSR count). The number of hydrogen-bond donors (Lipinski definition) is 0. The second-order valence-corrected chi connectivity index (χ2v) is 1.21. The fourth-order valence-electron chi connectivity index (χ4n) is 0.164. The average Bonchev–Trinajstić information content (AvgIpc) is 1.86. The fraction of sp³-hybridized carbons (Fsp3) is 0.250. The molecule has 0 saturated carbocycles. The van der Waals surface area contributed by atoms with Crippen molar-refractivity contribution in [2.75, 3.05) is 7.05 Å². The van der Waals surface area contributed by atoms with Crippen molar-refractivity contribution >= 4 is 6.72 Å². The fourth-order valence-corrected chi connectivity index (χ4v) is 0.164. The molecule has 0 aliphatic carbocycles. The van der Waals surface area contributed by atoms with Crippen molar-refractivity contribution in [1.29, 1.82) is 0 Å². The monoisotopic (exact) mass is 123 g/mol. The van der Waals surface area contributed by atoms with Crippen LogP contribution in [-0.4, -0.2) is 13.8 Å². The highest BCUT2D eigenvalue weighted by molar-refractivity contribution is 5.22. The molecule has 9 heavy (non-hydrogen) atoms. The maximum atomic E-state index is 3.37. The van der Waals surface area contributed by atoms with Gasteiger partial charge in [-0.3, -0.25) is 0 Å². The third kappa shape index (κ3) is 45.2. The summed E-state index contributed by atoms with van der Waals surface area (Å²) in [6.45, 7) is 8.43. The van der Waals surface area contributed by atoms with E-state index in [2.05, 4.69) is 24.0 Å². The van der Waals surface area contributed by atoms with Gasteiger partial charge in [-0.05, 0) is 19.7 Å². The van der Waals surface area contributed by atoms with E-state index in [0.717, 1.165) is 0 Å². The Morgan fingerprint density at radius 1 is 1.56 bits per heavy atom. The van der Waals surface area contributed by atoms with Crippen molar-refractivity contribution in [3.8, 4) is 0 Å². The second kappa shape index (κ2) is 15.8. The molecule has 0 radical (unpaired) electrons. The molecular weight excluding hydrogens is 110 g/mol. The van der Waals surface area contributed by atoms with Crippen LogP contribution in [-0.2, 0) is 0 Å². The summed E-state index contributed by atoms with van der Waals surface area (Å²) in [5, 5.41) is 0. The third-order valence-electron chi connectivity index (χ3n) is 0.407. The summed E-state index contributed by atoms with van der Waals surface area (Å²) in [6, 6.07) is 0. The Bertz CT molecular complexity index is 117. The molecule has 50 valence electrons. The van der Waals surface area contributed by atoms with Gasteiger partial charge in [0.1, 0.15) is 0 Å². The molecule has 0 aliphatic heterocycles. The van der Waals surface area contributed by atoms with Gasteiger partial charge in [0.2, 0.25) is 0 Å². The zero-order valence-corrected chi connectivity index (χ0v) is 6.09. The number of allylic oxidation sites excluding steroid dienone is 3. The van der Waals surface area contributed by atoms with Gasteiger partial charge in [-0.2, -0.15) is 0 Å². The van der Waals surface area contributed by atoms with E-state index in [1.807, 2.05) is 19.1 Å². The number of nitrogens with zero attached hydrogens (tertiary/aromatic N) is 1. The van der Waals surface area contributed by atoms with Crippen molar-refractivity contribution in [2.45, 2.75) is 6.92 Å². The van der Waals surface area contributed by atoms with Crippen molar-refractivity contribution in [2.24, 2.45) is 4.99 Å². The van der Waals surface area contributed by atoms with Crippen LogP contribution in [0.5, 0.6) is 0 Å². The molecule has 0 saturated heterocycles. The van der Waals surface area contributed by atoms with Crippen LogP contribution in [0, 0.1) is 0 Å². The summed E-state index contributed by atoms with van der Waals surface area (Å²) in [4.78, 5) is 3.25. The molecule has 1 heteroatoms. The minimum absolute atomic E-state index is 1.64. The summed E-state index contributed by atoms with van der Waals surface area (Å²) >= 11 is 0. The van der Waals surface area contributed by atoms with Gasteiger partial charge in [0.05, 0.1) is 0 Å². The highest BCUT2D eigenvalue weighted by Gasteiger charge is 1.45. The van der Waals surface area contributed by atoms with Gasteiger partial charge in [-0.15, -0.1) is 5.73 Å². The van der Waals surface area contributed by atoms with Crippen LogP contribution in [0.25, 0.3) is 0 Å². The largest absolute Gasteiger partial charge is 0.304 e. The molecule has 0 atom stereocenters. The van der Waals surface area contributed by atoms with E-state index in [-0.39, 0.29) is 0 Å². The van der Waals surface area contributed by atoms with Crippen LogP contribution in [0.2, 0.25) is 0 Å². The molecule has 1 nitrogen and oxygen atoms in total. The second-order valence-electron chi connectivity index (χ2n) is 1.21. The van der Waals surface area contributed by atoms with E-state index < -0.39 is 0 Å². The Hall–Kier alpha value is -1.07. The van der Waals surface area contributed by atoms with Crippen LogP contribution in [0.4, 0.5) is 0 Å². The zero-order chi connectivity index (χ0) is 7.54. The predicted octanol–water partition coefficient (Wildman–Crippen LogP) is 2.22. The summed E-state index contributed by atoms with van der Waals surface area (Å²) in [6.07, 6.45) is 5.57. The Morgan fingerprint density at radius 3 is 2.11 bits per heavy atom. The highest BCUT2D eigenvalue weighted by atomic mass is 14.6. The lowest BCUT2D eigenvalue weighted by Gasteiger charge is -1.57. The van der Waals surface area contributed by atoms with Crippen molar-refractivity contribution in [3.63, 3.8) is 0 Å². The highest BCUT2D eigenvalue weighted by Crippen LogP contribution is 1.67. The smallest absolute Gasteiger partial charge is 0.0269 e. The first-order valence-electron chi connectivity index (χ1n) is 2.65. The predicted molar refractivity (Wildman–Crippen MR) is 44.0 cm³/mol. The molecule has 0 heterocycles. The molecule has 0 bridgehead atoms. The van der Waals surface area contributed by atoms with Crippen molar-refractivity contribution < 1.29 is 0 Å². The van der Waals surface area contributed by atoms with E-state index in [1.54, 1.807) is 13.1 Å². The van der Waals surface area contributed by atoms with Crippen molar-refractivity contribution in [1.82, 2.24) is 0 Å². The Labute approximate surface area is 57.1 Å². The molecule has 0 aromatic heterocycles. The normalized spacial score (nSPS) is 6.89. The summed E-state index contributed by atoms with van der Waals surface area (Å²) in [7, 11) is 1.64. The van der Waals surface area contributed by atoms with Gasteiger partial charge in [-0.25, -0.2) is 0 Å². The first-order valence-corrected chi connectivity index (χ1v) is 2.65. The average molecular weight is 123 g/mol. The maximum absolute atomic E-state index is 3.37. The van der Waals surface area contributed by atoms with Gasteiger partial charge in [0.15, 0.2) is 0 Å². The van der Waals surface area contributed by atoms with E-state index in [0.29, 0.717) is 0 Å². The Balaban J connectivity index is 0. The van der Waals surface area contributed by atoms with Crippen molar-refractivity contribution in [3.05, 3.63) is 30.5 Å². The standard InChI is InChI=1S/C6H8.C2H5N/c1-3-5-6-4-2;1-3-2/h4-6H,1H2,2H3;1H2,2H3/b6-4-;. The van der Waals surface area contributed by atoms with Crippen LogP contribution < -0.4 is 0 Å². The third-order valence-corrected chi connectivity index (χ3v) is 0.407. The van der Waals surface area contributed by atoms with Crippen LogP contribution in [0.1, 0.15) is 6.92 Å². The summed E-state index contributed by atoms with van der Waals surface area (Å²) in [5.74, 6) is 0. The lowest BCUT2D eigenvalue weighted by atomic mass is 10.5. The van der Waals surface area contributed by atoms with Crippen LogP contribution in [0.15, 0.2) is 35.5 Å².